The van der Waals surface area contributed by atoms with Crippen LogP contribution in [0.25, 0.3) is 0 Å². The van der Waals surface area contributed by atoms with Gasteiger partial charge in [-0.3, -0.25) is 9.36 Å². The Labute approximate surface area is 90.8 Å². The molecule has 0 aliphatic carbocycles. The molecule has 0 heterocycles. The topological polar surface area (TPSA) is 141 Å². The first-order valence-corrected chi connectivity index (χ1v) is 6.72. The first-order valence-electron chi connectivity index (χ1n) is 3.99. The molecule has 0 bridgehead atoms. The van der Waals surface area contributed by atoms with Crippen molar-refractivity contribution in [2.75, 3.05) is 5.75 Å². The van der Waals surface area contributed by atoms with E-state index >= 15 is 0 Å². The number of nitrogens with two attached hydrogens (primary N) is 1. The third-order valence-corrected chi connectivity index (χ3v) is 5.16. The highest BCUT2D eigenvalue weighted by Gasteiger charge is 2.34. The predicted molar refractivity (Wildman–Crippen MR) is 55.6 cm³/mol. The van der Waals surface area contributed by atoms with Crippen LogP contribution in [0.4, 0.5) is 0 Å². The minimum Gasteiger partial charge on any atom is -0.480 e. The fraction of sp³-hybridized carbons (Fsp3) is 0.833. The zero-order chi connectivity index (χ0) is 12.2. The first-order chi connectivity index (χ1) is 6.66. The Bertz CT molecular complexity index is 266. The highest BCUT2D eigenvalue weighted by molar-refractivity contribution is 8.05. The number of thioether (sulfide) groups is 1. The van der Waals surface area contributed by atoms with Crippen molar-refractivity contribution in [1.82, 2.24) is 0 Å². The number of hydrogen-bond acceptors (Lipinski definition) is 5. The maximum absolute atomic E-state index is 10.9. The van der Waals surface area contributed by atoms with E-state index in [0.717, 1.165) is 0 Å². The normalized spacial score (nSPS) is 18.2. The number of carbonyl (C=O) groups is 1. The fourth-order valence-corrected chi connectivity index (χ4v) is 3.21. The zero-order valence-electron chi connectivity index (χ0n) is 7.98. The molecule has 0 aromatic heterocycles. The summed E-state index contributed by atoms with van der Waals surface area (Å²) in [4.78, 5) is 26.7. The summed E-state index contributed by atoms with van der Waals surface area (Å²) in [6, 6.07) is -1.21. The molecule has 90 valence electrons. The van der Waals surface area contributed by atoms with Crippen molar-refractivity contribution < 1.29 is 29.4 Å². The van der Waals surface area contributed by atoms with Crippen molar-refractivity contribution in [2.24, 2.45) is 5.73 Å². The molecule has 0 saturated heterocycles. The third-order valence-electron chi connectivity index (χ3n) is 1.51. The number of carboxylic acids is 1. The summed E-state index contributed by atoms with van der Waals surface area (Å²) in [5.41, 5.74) is 5.15. The summed E-state index contributed by atoms with van der Waals surface area (Å²) in [5.74, 6) is -1.42. The summed E-state index contributed by atoms with van der Waals surface area (Å²) in [5, 5.41) is 17.5. The average molecular weight is 259 g/mol. The molecule has 6 N–H and O–H groups in total. The summed E-state index contributed by atoms with van der Waals surface area (Å²) in [6.45, 7) is 1.23. The van der Waals surface area contributed by atoms with Crippen LogP contribution in [0.15, 0.2) is 0 Å². The summed E-state index contributed by atoms with van der Waals surface area (Å²) < 4.78 is 10.9. The standard InChI is InChI=1S/C6H14NO6PS/c1-3(8)6(14(11,12)13)15-2-4(7)5(9)10/h3-4,6,8H,2,7H2,1H3,(H,9,10)(H2,11,12,13)/t3-,4-,6+/m0/s1. The predicted octanol–water partition coefficient (Wildman–Crippen LogP) is -0.984. The van der Waals surface area contributed by atoms with Crippen molar-refractivity contribution in [1.29, 1.82) is 0 Å². The highest BCUT2D eigenvalue weighted by Crippen LogP contribution is 2.48. The van der Waals surface area contributed by atoms with Crippen LogP contribution in [0.3, 0.4) is 0 Å². The van der Waals surface area contributed by atoms with Gasteiger partial charge in [0.2, 0.25) is 0 Å². The molecular weight excluding hydrogens is 245 g/mol. The molecule has 3 atom stereocenters. The van der Waals surface area contributed by atoms with Gasteiger partial charge in [-0.2, -0.15) is 0 Å². The molecule has 0 amide bonds. The molecule has 0 radical (unpaired) electrons. The van der Waals surface area contributed by atoms with Gasteiger partial charge in [0.05, 0.1) is 6.10 Å². The third kappa shape index (κ3) is 5.50. The van der Waals surface area contributed by atoms with E-state index in [1.807, 2.05) is 0 Å². The molecule has 7 nitrogen and oxygen atoms in total. The molecule has 9 heteroatoms. The second-order valence-electron chi connectivity index (χ2n) is 3.00. The molecule has 0 aliphatic heterocycles. The number of aliphatic hydroxyl groups excluding tert-OH is 1. The van der Waals surface area contributed by atoms with Gasteiger partial charge in [0.1, 0.15) is 11.0 Å². The van der Waals surface area contributed by atoms with Crippen LogP contribution in [0.5, 0.6) is 0 Å². The van der Waals surface area contributed by atoms with E-state index in [1.54, 1.807) is 0 Å². The van der Waals surface area contributed by atoms with Crippen molar-refractivity contribution in [3.63, 3.8) is 0 Å². The number of carboxylic acid groups (broad SMARTS) is 1. The Morgan fingerprint density at radius 2 is 2.00 bits per heavy atom. The van der Waals surface area contributed by atoms with E-state index in [-0.39, 0.29) is 5.75 Å². The Balaban J connectivity index is 4.34. The smallest absolute Gasteiger partial charge is 0.341 e. The maximum atomic E-state index is 10.9. The molecule has 0 aromatic rings. The summed E-state index contributed by atoms with van der Waals surface area (Å²) in [7, 11) is -4.45. The van der Waals surface area contributed by atoms with Crippen LogP contribution in [-0.2, 0) is 9.36 Å². The molecular formula is C6H14NO6PS. The first kappa shape index (κ1) is 14.9. The van der Waals surface area contributed by atoms with Crippen LogP contribution in [0.1, 0.15) is 6.92 Å². The van der Waals surface area contributed by atoms with Gasteiger partial charge in [0, 0.05) is 5.75 Å². The van der Waals surface area contributed by atoms with Crippen molar-refractivity contribution >= 4 is 25.3 Å². The van der Waals surface area contributed by atoms with Gasteiger partial charge in [0.25, 0.3) is 0 Å². The van der Waals surface area contributed by atoms with Gasteiger partial charge in [-0.15, -0.1) is 11.8 Å². The van der Waals surface area contributed by atoms with E-state index in [1.165, 1.54) is 6.92 Å². The second kappa shape index (κ2) is 5.83. The lowest BCUT2D eigenvalue weighted by molar-refractivity contribution is -0.137. The number of hydrogen-bond donors (Lipinski definition) is 5. The van der Waals surface area contributed by atoms with Crippen LogP contribution >= 0.6 is 19.4 Å². The molecule has 0 rings (SSSR count). The Hall–Kier alpha value is -0.110. The SMILES string of the molecule is C[C@H](O)[C@@H](SC[C@H](N)C(=O)O)P(=O)(O)O. The molecule has 0 saturated carbocycles. The van der Waals surface area contributed by atoms with Gasteiger partial charge in [-0.05, 0) is 6.92 Å². The van der Waals surface area contributed by atoms with E-state index in [0.29, 0.717) is 11.8 Å². The molecule has 0 spiro atoms. The van der Waals surface area contributed by atoms with Crippen molar-refractivity contribution in [3.05, 3.63) is 0 Å². The Morgan fingerprint density at radius 3 is 2.27 bits per heavy atom. The van der Waals surface area contributed by atoms with Crippen LogP contribution < -0.4 is 5.73 Å². The lowest BCUT2D eigenvalue weighted by Crippen LogP contribution is -2.34. The lowest BCUT2D eigenvalue weighted by Gasteiger charge is -2.21. The largest absolute Gasteiger partial charge is 0.480 e. The number of aliphatic carboxylic acids is 1. The lowest BCUT2D eigenvalue weighted by atomic mass is 10.4. The Kier molecular flexibility index (Phi) is 5.79. The summed E-state index contributed by atoms with van der Waals surface area (Å²) >= 11 is 0.654. The van der Waals surface area contributed by atoms with Gasteiger partial charge in [0.15, 0.2) is 0 Å². The number of rotatable bonds is 6. The maximum Gasteiger partial charge on any atom is 0.341 e. The molecule has 0 aliphatic rings. The van der Waals surface area contributed by atoms with Crippen molar-refractivity contribution in [3.8, 4) is 0 Å². The second-order valence-corrected chi connectivity index (χ2v) is 6.26. The highest BCUT2D eigenvalue weighted by atomic mass is 32.2. The van der Waals surface area contributed by atoms with E-state index in [9.17, 15) is 9.36 Å². The number of aliphatic hydroxyl groups is 1. The van der Waals surface area contributed by atoms with Crippen LogP contribution in [0, 0.1) is 0 Å². The van der Waals surface area contributed by atoms with E-state index in [2.05, 4.69) is 0 Å². The molecule has 0 unspecified atom stereocenters. The minimum absolute atomic E-state index is 0.171. The average Bonchev–Trinajstić information content (AvgIpc) is 2.00. The fourth-order valence-electron chi connectivity index (χ4n) is 0.791. The molecule has 0 fully saturated rings. The quantitative estimate of drug-likeness (QED) is 0.383. The minimum atomic E-state index is -4.45. The van der Waals surface area contributed by atoms with E-state index in [4.69, 9.17) is 25.7 Å². The van der Waals surface area contributed by atoms with Gasteiger partial charge in [-0.25, -0.2) is 0 Å². The van der Waals surface area contributed by atoms with Gasteiger partial charge < -0.3 is 25.7 Å². The van der Waals surface area contributed by atoms with E-state index < -0.39 is 30.7 Å². The molecule has 15 heavy (non-hydrogen) atoms. The van der Waals surface area contributed by atoms with Crippen LogP contribution in [-0.4, -0.2) is 48.9 Å². The zero-order valence-corrected chi connectivity index (χ0v) is 9.69. The van der Waals surface area contributed by atoms with Crippen LogP contribution in [0.2, 0.25) is 0 Å². The van der Waals surface area contributed by atoms with Gasteiger partial charge >= 0.3 is 13.6 Å². The monoisotopic (exact) mass is 259 g/mol. The summed E-state index contributed by atoms with van der Waals surface area (Å²) in [6.07, 6.45) is -1.24. The molecule has 0 aromatic carbocycles. The Morgan fingerprint density at radius 1 is 1.53 bits per heavy atom. The van der Waals surface area contributed by atoms with Gasteiger partial charge in [-0.1, -0.05) is 0 Å². The van der Waals surface area contributed by atoms with Crippen molar-refractivity contribution in [2.45, 2.75) is 24.1 Å².